The molecule has 0 aliphatic carbocycles. The Hall–Kier alpha value is -0.960. The molecule has 0 bridgehead atoms. The molecule has 0 unspecified atom stereocenters. The van der Waals surface area contributed by atoms with Crippen molar-refractivity contribution < 1.29 is 9.90 Å². The lowest BCUT2D eigenvalue weighted by Gasteiger charge is -2.13. The number of ketones is 1. The monoisotopic (exact) mass is 658 g/mol. The van der Waals surface area contributed by atoms with Gasteiger partial charge < -0.3 is 10.1 Å². The molecule has 3 aromatic rings. The maximum absolute atomic E-state index is 13.3. The Morgan fingerprint density at radius 3 is 2.10 bits per heavy atom. The fourth-order valence-electron chi connectivity index (χ4n) is 3.90. The van der Waals surface area contributed by atoms with Crippen molar-refractivity contribution in [1.82, 2.24) is 4.98 Å². The van der Waals surface area contributed by atoms with Crippen LogP contribution in [0.25, 0.3) is 10.9 Å². The molecule has 0 spiro atoms. The molecule has 0 saturated carbocycles. The number of aromatic nitrogens is 1. The van der Waals surface area contributed by atoms with Gasteiger partial charge in [-0.05, 0) is 67.0 Å². The van der Waals surface area contributed by atoms with Crippen LogP contribution in [0.1, 0.15) is 66.7 Å². The van der Waals surface area contributed by atoms with Crippen LogP contribution in [0.4, 0.5) is 5.69 Å². The number of fused-ring (bicyclic) bond motifs is 2. The highest BCUT2D eigenvalue weighted by Crippen LogP contribution is 2.46. The lowest BCUT2D eigenvalue weighted by atomic mass is 9.97. The smallest absolute Gasteiger partial charge is 0.216 e. The van der Waals surface area contributed by atoms with Crippen molar-refractivity contribution in [2.75, 3.05) is 0 Å². The number of H-pyrrole nitrogens is 1. The largest absolute Gasteiger partial charge is 0.505 e. The second kappa shape index (κ2) is 7.87. The maximum Gasteiger partial charge on any atom is 0.216 e. The first-order valence-corrected chi connectivity index (χ1v) is 12.6. The van der Waals surface area contributed by atoms with Gasteiger partial charge in [-0.15, -0.1) is 0 Å². The van der Waals surface area contributed by atoms with E-state index >= 15 is 0 Å². The summed E-state index contributed by atoms with van der Waals surface area (Å²) in [4.78, 5) is 21.1. The van der Waals surface area contributed by atoms with Crippen LogP contribution < -0.4 is 0 Å². The minimum absolute atomic E-state index is 0.0189. The van der Waals surface area contributed by atoms with Crippen LogP contribution >= 0.6 is 63.7 Å². The average molecular weight is 662 g/mol. The van der Waals surface area contributed by atoms with Gasteiger partial charge in [0.1, 0.15) is 11.4 Å². The zero-order chi connectivity index (χ0) is 22.1. The Bertz CT molecular complexity index is 1270. The molecular weight excluding hydrogens is 644 g/mol. The number of benzene rings is 2. The Morgan fingerprint density at radius 1 is 0.933 bits per heavy atom. The highest BCUT2D eigenvalue weighted by Gasteiger charge is 2.34. The van der Waals surface area contributed by atoms with Crippen molar-refractivity contribution in [2.24, 2.45) is 4.99 Å². The maximum atomic E-state index is 13.3. The minimum Gasteiger partial charge on any atom is -0.505 e. The molecule has 8 heteroatoms. The van der Waals surface area contributed by atoms with Crippen molar-refractivity contribution in [3.8, 4) is 5.75 Å². The first-order valence-electron chi connectivity index (χ1n) is 9.42. The molecule has 0 amide bonds. The van der Waals surface area contributed by atoms with Gasteiger partial charge in [-0.3, -0.25) is 4.79 Å². The van der Waals surface area contributed by atoms with Gasteiger partial charge in [0.25, 0.3) is 0 Å². The van der Waals surface area contributed by atoms with Gasteiger partial charge in [0.05, 0.1) is 22.2 Å². The third kappa shape index (κ3) is 3.26. The summed E-state index contributed by atoms with van der Waals surface area (Å²) in [5, 5.41) is 11.7. The number of Topliss-reactive ketones (excluding diaryl/α,β-unsaturated/α-hetero) is 1. The number of carbonyl (C=O) groups is 1. The SMILES string of the molecule is CC(C)c1c(Br)cc2c(c1Br)C(=O)C(c1[nH]c3cc(Br)c(C(C)C)c(Br)c3c1O)=N2. The first-order chi connectivity index (χ1) is 14.0. The van der Waals surface area contributed by atoms with E-state index in [0.29, 0.717) is 22.3 Å². The molecule has 2 N–H and O–H groups in total. The zero-order valence-corrected chi connectivity index (χ0v) is 23.0. The zero-order valence-electron chi connectivity index (χ0n) is 16.6. The third-order valence-electron chi connectivity index (χ3n) is 5.29. The summed E-state index contributed by atoms with van der Waals surface area (Å²) in [7, 11) is 0. The lowest BCUT2D eigenvalue weighted by Crippen LogP contribution is -2.13. The van der Waals surface area contributed by atoms with E-state index < -0.39 is 0 Å². The number of aromatic hydroxyl groups is 1. The van der Waals surface area contributed by atoms with Crippen molar-refractivity contribution in [1.29, 1.82) is 0 Å². The van der Waals surface area contributed by atoms with Crippen molar-refractivity contribution >= 4 is 91.8 Å². The number of carbonyl (C=O) groups excluding carboxylic acids is 1. The summed E-state index contributed by atoms with van der Waals surface area (Å²) < 4.78 is 3.37. The Balaban J connectivity index is 1.93. The molecule has 1 aliphatic heterocycles. The van der Waals surface area contributed by atoms with Crippen LogP contribution in [0.3, 0.4) is 0 Å². The molecule has 1 aliphatic rings. The van der Waals surface area contributed by atoms with Crippen LogP contribution in [0.15, 0.2) is 35.0 Å². The van der Waals surface area contributed by atoms with Crippen LogP contribution in [0.2, 0.25) is 0 Å². The molecule has 156 valence electrons. The summed E-state index contributed by atoms with van der Waals surface area (Å²) in [6.45, 7) is 8.32. The van der Waals surface area contributed by atoms with Crippen molar-refractivity contribution in [3.05, 3.63) is 52.4 Å². The number of nitrogens with zero attached hydrogens (tertiary/aromatic N) is 1. The summed E-state index contributed by atoms with van der Waals surface area (Å²) in [6, 6.07) is 3.79. The highest BCUT2D eigenvalue weighted by atomic mass is 79.9. The van der Waals surface area contributed by atoms with Gasteiger partial charge in [0.2, 0.25) is 5.78 Å². The topological polar surface area (TPSA) is 65.5 Å². The normalized spacial score (nSPS) is 13.7. The minimum atomic E-state index is -0.215. The molecule has 2 heterocycles. The number of hydrogen-bond acceptors (Lipinski definition) is 3. The number of aliphatic imine (C=N–C) groups is 1. The van der Waals surface area contributed by atoms with E-state index in [1.54, 1.807) is 0 Å². The summed E-state index contributed by atoms with van der Waals surface area (Å²) in [6.07, 6.45) is 0. The van der Waals surface area contributed by atoms with Crippen molar-refractivity contribution in [3.63, 3.8) is 0 Å². The van der Waals surface area contributed by atoms with Gasteiger partial charge in [-0.2, -0.15) is 0 Å². The summed E-state index contributed by atoms with van der Waals surface area (Å²) >= 11 is 14.5. The number of hydrogen-bond donors (Lipinski definition) is 2. The van der Waals surface area contributed by atoms with E-state index in [9.17, 15) is 9.90 Å². The van der Waals surface area contributed by atoms with Gasteiger partial charge in [-0.1, -0.05) is 59.6 Å². The number of nitrogens with one attached hydrogen (secondary N) is 1. The van der Waals surface area contributed by atoms with Crippen LogP contribution in [0, 0.1) is 0 Å². The van der Waals surface area contributed by atoms with E-state index in [0.717, 1.165) is 34.5 Å². The predicted molar refractivity (Wildman–Crippen MR) is 136 cm³/mol. The Labute approximate surface area is 208 Å². The number of halogens is 4. The van der Waals surface area contributed by atoms with E-state index in [4.69, 9.17) is 0 Å². The molecule has 0 saturated heterocycles. The second-order valence-corrected chi connectivity index (χ2v) is 11.2. The number of rotatable bonds is 3. The van der Waals surface area contributed by atoms with Crippen molar-refractivity contribution in [2.45, 2.75) is 39.5 Å². The average Bonchev–Trinajstić information content (AvgIpc) is 3.11. The number of aromatic amines is 1. The summed E-state index contributed by atoms with van der Waals surface area (Å²) in [5.41, 5.74) is 4.44. The Kier molecular flexibility index (Phi) is 5.83. The molecule has 0 atom stereocenters. The summed E-state index contributed by atoms with van der Waals surface area (Å²) in [5.74, 6) is 0.270. The molecule has 0 fully saturated rings. The molecule has 30 heavy (non-hydrogen) atoms. The van der Waals surface area contributed by atoms with E-state index in [-0.39, 0.29) is 29.1 Å². The second-order valence-electron chi connectivity index (χ2n) is 7.94. The fourth-order valence-corrected chi connectivity index (χ4v) is 8.32. The van der Waals surface area contributed by atoms with Crippen LogP contribution in [-0.4, -0.2) is 21.6 Å². The molecule has 4 nitrogen and oxygen atoms in total. The first kappa shape index (κ1) is 22.2. The van der Waals surface area contributed by atoms with E-state index in [1.165, 1.54) is 0 Å². The molecule has 4 rings (SSSR count). The van der Waals surface area contributed by atoms with Gasteiger partial charge in [0.15, 0.2) is 5.75 Å². The third-order valence-corrected chi connectivity index (χ3v) is 8.25. The molecule has 2 aromatic carbocycles. The predicted octanol–water partition coefficient (Wildman–Crippen LogP) is 8.49. The van der Waals surface area contributed by atoms with E-state index in [2.05, 4.69) is 101 Å². The lowest BCUT2D eigenvalue weighted by molar-refractivity contribution is 0.106. The van der Waals surface area contributed by atoms with Gasteiger partial charge >= 0.3 is 0 Å². The van der Waals surface area contributed by atoms with Crippen LogP contribution in [0.5, 0.6) is 5.75 Å². The van der Waals surface area contributed by atoms with Gasteiger partial charge in [0, 0.05) is 17.9 Å². The quantitative estimate of drug-likeness (QED) is 0.296. The standard InChI is InChI=1S/C22H18Br4N2O2/c1-7(2)13-9(23)5-11-15(17(13)25)21(29)19(27-11)20-22(30)16-12(28-20)6-10(24)14(8(3)4)18(16)26/h5-8,27,29H,1-4H3. The van der Waals surface area contributed by atoms with Crippen LogP contribution in [-0.2, 0) is 0 Å². The fraction of sp³-hybridized carbons (Fsp3) is 0.273. The van der Waals surface area contributed by atoms with Gasteiger partial charge in [-0.25, -0.2) is 4.99 Å². The Morgan fingerprint density at radius 2 is 1.50 bits per heavy atom. The molecule has 0 radical (unpaired) electrons. The highest BCUT2D eigenvalue weighted by molar-refractivity contribution is 9.11. The molecule has 1 aromatic heterocycles. The van der Waals surface area contributed by atoms with E-state index in [1.807, 2.05) is 12.1 Å². The molecular formula is C22H18Br4N2O2.